The van der Waals surface area contributed by atoms with Gasteiger partial charge in [0.2, 0.25) is 0 Å². The highest BCUT2D eigenvalue weighted by Gasteiger charge is 2.18. The molecule has 0 aliphatic rings. The SMILES string of the molecule is CN(C(=O)c1cccc(F)c1Br)c1ccc(C#N)cc1. The average molecular weight is 333 g/mol. The summed E-state index contributed by atoms with van der Waals surface area (Å²) >= 11 is 3.08. The average Bonchev–Trinajstić information content (AvgIpc) is 2.48. The number of rotatable bonds is 2. The van der Waals surface area contributed by atoms with E-state index in [1.165, 1.54) is 17.0 Å². The Morgan fingerprint density at radius 1 is 1.25 bits per heavy atom. The molecule has 0 bridgehead atoms. The molecule has 0 atom stereocenters. The fraction of sp³-hybridized carbons (Fsp3) is 0.0667. The Morgan fingerprint density at radius 2 is 1.90 bits per heavy atom. The minimum absolute atomic E-state index is 0.144. The second kappa shape index (κ2) is 5.85. The van der Waals surface area contributed by atoms with E-state index in [4.69, 9.17) is 5.26 Å². The van der Waals surface area contributed by atoms with Crippen LogP contribution in [0.25, 0.3) is 0 Å². The van der Waals surface area contributed by atoms with Crippen molar-refractivity contribution < 1.29 is 9.18 Å². The molecular weight excluding hydrogens is 323 g/mol. The Hall–Kier alpha value is -2.19. The number of carbonyl (C=O) groups excluding carboxylic acids is 1. The lowest BCUT2D eigenvalue weighted by Crippen LogP contribution is -2.26. The molecule has 0 N–H and O–H groups in total. The Morgan fingerprint density at radius 3 is 2.50 bits per heavy atom. The summed E-state index contributed by atoms with van der Waals surface area (Å²) in [6.45, 7) is 0. The van der Waals surface area contributed by atoms with Crippen molar-refractivity contribution in [2.75, 3.05) is 11.9 Å². The van der Waals surface area contributed by atoms with Gasteiger partial charge in [0.05, 0.1) is 21.7 Å². The van der Waals surface area contributed by atoms with Gasteiger partial charge in [0.1, 0.15) is 5.82 Å². The number of halogens is 2. The number of carbonyl (C=O) groups is 1. The molecule has 2 aromatic rings. The summed E-state index contributed by atoms with van der Waals surface area (Å²) in [5.74, 6) is -0.815. The van der Waals surface area contributed by atoms with Crippen LogP contribution in [0.15, 0.2) is 46.9 Å². The highest BCUT2D eigenvalue weighted by molar-refractivity contribution is 9.10. The zero-order valence-corrected chi connectivity index (χ0v) is 12.2. The first-order chi connectivity index (χ1) is 9.54. The second-order valence-electron chi connectivity index (χ2n) is 4.12. The van der Waals surface area contributed by atoms with Crippen LogP contribution < -0.4 is 4.90 Å². The van der Waals surface area contributed by atoms with Gasteiger partial charge >= 0.3 is 0 Å². The van der Waals surface area contributed by atoms with Crippen LogP contribution in [0.5, 0.6) is 0 Å². The molecular formula is C15H10BrFN2O. The molecule has 100 valence electrons. The zero-order chi connectivity index (χ0) is 14.7. The van der Waals surface area contributed by atoms with Gasteiger partial charge in [-0.1, -0.05) is 6.07 Å². The number of hydrogen-bond acceptors (Lipinski definition) is 2. The zero-order valence-electron chi connectivity index (χ0n) is 10.6. The molecule has 0 unspecified atom stereocenters. The van der Waals surface area contributed by atoms with E-state index in [9.17, 15) is 9.18 Å². The normalized spacial score (nSPS) is 9.90. The summed E-state index contributed by atoms with van der Waals surface area (Å²) in [6.07, 6.45) is 0. The summed E-state index contributed by atoms with van der Waals surface area (Å²) < 4.78 is 13.6. The number of benzene rings is 2. The number of anilines is 1. The first kappa shape index (κ1) is 14.2. The van der Waals surface area contributed by atoms with Gasteiger partial charge in [-0.15, -0.1) is 0 Å². The maximum Gasteiger partial charge on any atom is 0.259 e. The highest BCUT2D eigenvalue weighted by Crippen LogP contribution is 2.24. The van der Waals surface area contributed by atoms with Crippen molar-refractivity contribution in [2.24, 2.45) is 0 Å². The third kappa shape index (κ3) is 2.70. The van der Waals surface area contributed by atoms with Gasteiger partial charge in [-0.3, -0.25) is 4.79 Å². The van der Waals surface area contributed by atoms with Crippen LogP contribution in [0, 0.1) is 17.1 Å². The van der Waals surface area contributed by atoms with Crippen molar-refractivity contribution >= 4 is 27.5 Å². The topological polar surface area (TPSA) is 44.1 Å². The minimum atomic E-state index is -0.482. The standard InChI is InChI=1S/C15H10BrFN2O/c1-19(11-7-5-10(9-18)6-8-11)15(20)12-3-2-4-13(17)14(12)16/h2-8H,1H3. The summed E-state index contributed by atoms with van der Waals surface area (Å²) in [4.78, 5) is 13.7. The first-order valence-corrected chi connectivity index (χ1v) is 6.56. The van der Waals surface area contributed by atoms with E-state index in [1.54, 1.807) is 37.4 Å². The maximum absolute atomic E-state index is 13.5. The van der Waals surface area contributed by atoms with Crippen LogP contribution in [0.4, 0.5) is 10.1 Å². The Kier molecular flexibility index (Phi) is 4.16. The summed E-state index contributed by atoms with van der Waals surface area (Å²) in [5, 5.41) is 8.74. The fourth-order valence-electron chi connectivity index (χ4n) is 1.73. The Balaban J connectivity index is 2.32. The van der Waals surface area contributed by atoms with Crippen molar-refractivity contribution in [3.05, 3.63) is 63.9 Å². The summed E-state index contributed by atoms with van der Waals surface area (Å²) in [7, 11) is 1.60. The predicted molar refractivity (Wildman–Crippen MR) is 78.0 cm³/mol. The van der Waals surface area contributed by atoms with E-state index < -0.39 is 5.82 Å². The van der Waals surface area contributed by atoms with Crippen LogP contribution in [-0.4, -0.2) is 13.0 Å². The number of nitrogens with zero attached hydrogens (tertiary/aromatic N) is 2. The Bertz CT molecular complexity index is 692. The van der Waals surface area contributed by atoms with Gasteiger partial charge in [-0.25, -0.2) is 4.39 Å². The van der Waals surface area contributed by atoms with Crippen LogP contribution in [0.3, 0.4) is 0 Å². The number of hydrogen-bond donors (Lipinski definition) is 0. The molecule has 3 nitrogen and oxygen atoms in total. The fourth-order valence-corrected chi connectivity index (χ4v) is 2.16. The first-order valence-electron chi connectivity index (χ1n) is 5.77. The van der Waals surface area contributed by atoms with E-state index in [-0.39, 0.29) is 15.9 Å². The van der Waals surface area contributed by atoms with E-state index in [0.717, 1.165) is 0 Å². The monoisotopic (exact) mass is 332 g/mol. The largest absolute Gasteiger partial charge is 0.311 e. The van der Waals surface area contributed by atoms with Crippen LogP contribution in [0.1, 0.15) is 15.9 Å². The molecule has 0 fully saturated rings. The minimum Gasteiger partial charge on any atom is -0.311 e. The smallest absolute Gasteiger partial charge is 0.259 e. The molecule has 0 aromatic heterocycles. The van der Waals surface area contributed by atoms with Gasteiger partial charge < -0.3 is 4.90 Å². The third-order valence-corrected chi connectivity index (χ3v) is 3.68. The lowest BCUT2D eigenvalue weighted by atomic mass is 10.1. The molecule has 0 saturated heterocycles. The van der Waals surface area contributed by atoms with Crippen molar-refractivity contribution in [3.8, 4) is 6.07 Å². The van der Waals surface area contributed by atoms with Crippen LogP contribution >= 0.6 is 15.9 Å². The second-order valence-corrected chi connectivity index (χ2v) is 4.92. The van der Waals surface area contributed by atoms with E-state index in [1.807, 2.05) is 6.07 Å². The van der Waals surface area contributed by atoms with Gasteiger partial charge in [0.25, 0.3) is 5.91 Å². The number of nitriles is 1. The lowest BCUT2D eigenvalue weighted by Gasteiger charge is -2.18. The van der Waals surface area contributed by atoms with Crippen molar-refractivity contribution in [1.29, 1.82) is 5.26 Å². The molecule has 1 amide bonds. The van der Waals surface area contributed by atoms with E-state index >= 15 is 0 Å². The van der Waals surface area contributed by atoms with Gasteiger partial charge in [0, 0.05) is 12.7 Å². The maximum atomic E-state index is 13.5. The Labute approximate surface area is 124 Å². The summed E-state index contributed by atoms with van der Waals surface area (Å²) in [6, 6.07) is 12.9. The van der Waals surface area contributed by atoms with Crippen molar-refractivity contribution in [2.45, 2.75) is 0 Å². The highest BCUT2D eigenvalue weighted by atomic mass is 79.9. The quantitative estimate of drug-likeness (QED) is 0.840. The van der Waals surface area contributed by atoms with Gasteiger partial charge in [0.15, 0.2) is 0 Å². The molecule has 0 saturated carbocycles. The summed E-state index contributed by atoms with van der Waals surface area (Å²) in [5.41, 5.74) is 1.39. The van der Waals surface area contributed by atoms with E-state index in [0.29, 0.717) is 11.3 Å². The molecule has 0 spiro atoms. The molecule has 5 heteroatoms. The van der Waals surface area contributed by atoms with Crippen LogP contribution in [-0.2, 0) is 0 Å². The predicted octanol–water partition coefficient (Wildman–Crippen LogP) is 3.74. The molecule has 2 aromatic carbocycles. The third-order valence-electron chi connectivity index (χ3n) is 2.87. The molecule has 2 rings (SSSR count). The number of amides is 1. The van der Waals surface area contributed by atoms with Crippen LogP contribution in [0.2, 0.25) is 0 Å². The lowest BCUT2D eigenvalue weighted by molar-refractivity contribution is 0.0991. The molecule has 0 heterocycles. The van der Waals surface area contributed by atoms with Gasteiger partial charge in [-0.2, -0.15) is 5.26 Å². The van der Waals surface area contributed by atoms with Crippen molar-refractivity contribution in [1.82, 2.24) is 0 Å². The molecule has 0 radical (unpaired) electrons. The molecule has 20 heavy (non-hydrogen) atoms. The molecule has 0 aliphatic carbocycles. The molecule has 0 aliphatic heterocycles. The van der Waals surface area contributed by atoms with E-state index in [2.05, 4.69) is 15.9 Å². The van der Waals surface area contributed by atoms with Crippen molar-refractivity contribution in [3.63, 3.8) is 0 Å². The van der Waals surface area contributed by atoms with Gasteiger partial charge in [-0.05, 0) is 52.3 Å².